The number of rotatable bonds is 5. The van der Waals surface area contributed by atoms with Gasteiger partial charge in [-0.25, -0.2) is 17.8 Å². The summed E-state index contributed by atoms with van der Waals surface area (Å²) in [5.74, 6) is 0.0416. The van der Waals surface area contributed by atoms with E-state index in [1.807, 2.05) is 0 Å². The molecule has 0 aliphatic heterocycles. The number of aromatic nitrogens is 2. The van der Waals surface area contributed by atoms with Crippen molar-refractivity contribution in [2.45, 2.75) is 10.9 Å². The Morgan fingerprint density at radius 3 is 2.38 bits per heavy atom. The minimum Gasteiger partial charge on any atom is -0.336 e. The molecule has 0 aliphatic rings. The molecule has 0 saturated carbocycles. The summed E-state index contributed by atoms with van der Waals surface area (Å²) in [7, 11) is -2.20. The fraction of sp³-hybridized carbons (Fsp3) is 0.118. The molecule has 5 nitrogen and oxygen atoms in total. The lowest BCUT2D eigenvalue weighted by atomic mass is 10.1. The summed E-state index contributed by atoms with van der Waals surface area (Å²) in [5.41, 5.74) is 0.546. The number of benzene rings is 2. The van der Waals surface area contributed by atoms with Crippen LogP contribution in [0, 0.1) is 5.82 Å². The Morgan fingerprint density at radius 1 is 1.12 bits per heavy atom. The lowest BCUT2D eigenvalue weighted by Crippen LogP contribution is -2.31. The van der Waals surface area contributed by atoms with E-state index in [-0.39, 0.29) is 14.9 Å². The highest BCUT2D eigenvalue weighted by Gasteiger charge is 2.26. The molecule has 1 aromatic heterocycles. The van der Waals surface area contributed by atoms with Crippen molar-refractivity contribution in [3.63, 3.8) is 0 Å². The van der Waals surface area contributed by atoms with Crippen molar-refractivity contribution in [2.75, 3.05) is 0 Å². The van der Waals surface area contributed by atoms with Crippen molar-refractivity contribution in [1.82, 2.24) is 14.3 Å². The maximum Gasteiger partial charge on any atom is 0.241 e. The molecular formula is C17H14Cl2FN3O2S. The van der Waals surface area contributed by atoms with Gasteiger partial charge < -0.3 is 4.57 Å². The molecule has 1 atom stereocenters. The first kappa shape index (κ1) is 18.8. The van der Waals surface area contributed by atoms with Crippen LogP contribution in [-0.2, 0) is 17.1 Å². The SMILES string of the molecule is Cn1ccnc1C(NS(=O)(=O)c1ccc(Cl)c(Cl)c1)c1ccc(F)cc1. The minimum absolute atomic E-state index is 0.0341. The van der Waals surface area contributed by atoms with Crippen molar-refractivity contribution in [1.29, 1.82) is 0 Å². The standard InChI is InChI=1S/C17H14Cl2FN3O2S/c1-23-9-8-21-17(23)16(11-2-4-12(20)5-3-11)22-26(24,25)13-6-7-14(18)15(19)10-13/h2-10,16,22H,1H3. The molecule has 1 unspecified atom stereocenters. The van der Waals surface area contributed by atoms with Gasteiger partial charge in [0.2, 0.25) is 10.0 Å². The van der Waals surface area contributed by atoms with Crippen LogP contribution < -0.4 is 4.72 Å². The van der Waals surface area contributed by atoms with E-state index < -0.39 is 21.9 Å². The summed E-state index contributed by atoms with van der Waals surface area (Å²) in [6.45, 7) is 0. The number of hydrogen-bond donors (Lipinski definition) is 1. The van der Waals surface area contributed by atoms with E-state index >= 15 is 0 Å². The lowest BCUT2D eigenvalue weighted by molar-refractivity contribution is 0.562. The van der Waals surface area contributed by atoms with Crippen molar-refractivity contribution in [3.8, 4) is 0 Å². The largest absolute Gasteiger partial charge is 0.336 e. The molecule has 0 spiro atoms. The molecule has 0 radical (unpaired) electrons. The van der Waals surface area contributed by atoms with Gasteiger partial charge >= 0.3 is 0 Å². The lowest BCUT2D eigenvalue weighted by Gasteiger charge is -2.19. The van der Waals surface area contributed by atoms with Gasteiger partial charge in [-0.15, -0.1) is 0 Å². The van der Waals surface area contributed by atoms with Crippen LogP contribution in [0.1, 0.15) is 17.4 Å². The van der Waals surface area contributed by atoms with E-state index in [2.05, 4.69) is 9.71 Å². The average molecular weight is 414 g/mol. The van der Waals surface area contributed by atoms with Crippen molar-refractivity contribution >= 4 is 33.2 Å². The van der Waals surface area contributed by atoms with Gasteiger partial charge in [0, 0.05) is 19.4 Å². The molecule has 0 bridgehead atoms. The Morgan fingerprint density at radius 2 is 1.81 bits per heavy atom. The van der Waals surface area contributed by atoms with Crippen LogP contribution in [-0.4, -0.2) is 18.0 Å². The minimum atomic E-state index is -3.94. The van der Waals surface area contributed by atoms with Gasteiger partial charge in [0.1, 0.15) is 17.7 Å². The third kappa shape index (κ3) is 3.91. The Labute approximate surface area is 160 Å². The second kappa shape index (κ2) is 7.36. The molecule has 1 N–H and O–H groups in total. The fourth-order valence-electron chi connectivity index (χ4n) is 2.45. The molecular weight excluding hydrogens is 400 g/mol. The first-order valence-corrected chi connectivity index (χ1v) is 9.72. The van der Waals surface area contributed by atoms with Gasteiger partial charge in [-0.2, -0.15) is 4.72 Å². The Kier molecular flexibility index (Phi) is 5.34. The molecule has 2 aromatic carbocycles. The number of imidazole rings is 1. The van der Waals surface area contributed by atoms with Crippen molar-refractivity contribution in [3.05, 3.63) is 82.1 Å². The molecule has 3 aromatic rings. The predicted molar refractivity (Wildman–Crippen MR) is 98.2 cm³/mol. The summed E-state index contributed by atoms with van der Waals surface area (Å²) in [4.78, 5) is 4.19. The Bertz CT molecular complexity index is 1040. The normalized spacial score (nSPS) is 12.9. The zero-order valence-electron chi connectivity index (χ0n) is 13.5. The predicted octanol–water partition coefficient (Wildman–Crippen LogP) is 3.93. The molecule has 0 aliphatic carbocycles. The molecule has 0 fully saturated rings. The van der Waals surface area contributed by atoms with E-state index in [1.54, 1.807) is 24.0 Å². The number of aryl methyl sites for hydroxylation is 1. The van der Waals surface area contributed by atoms with E-state index in [0.29, 0.717) is 11.4 Å². The summed E-state index contributed by atoms with van der Waals surface area (Å²) < 4.78 is 43.2. The van der Waals surface area contributed by atoms with Crippen LogP contribution in [0.3, 0.4) is 0 Å². The van der Waals surface area contributed by atoms with Crippen molar-refractivity contribution in [2.24, 2.45) is 7.05 Å². The molecule has 26 heavy (non-hydrogen) atoms. The van der Waals surface area contributed by atoms with Crippen LogP contribution >= 0.6 is 23.2 Å². The van der Waals surface area contributed by atoms with E-state index in [0.717, 1.165) is 0 Å². The summed E-state index contributed by atoms with van der Waals surface area (Å²) in [6.07, 6.45) is 3.25. The second-order valence-electron chi connectivity index (χ2n) is 5.58. The van der Waals surface area contributed by atoms with Gasteiger partial charge in [0.15, 0.2) is 0 Å². The second-order valence-corrected chi connectivity index (χ2v) is 8.11. The highest BCUT2D eigenvalue weighted by atomic mass is 35.5. The van der Waals surface area contributed by atoms with Gasteiger partial charge in [-0.3, -0.25) is 0 Å². The van der Waals surface area contributed by atoms with E-state index in [9.17, 15) is 12.8 Å². The molecule has 9 heteroatoms. The summed E-state index contributed by atoms with van der Waals surface area (Å²) in [5, 5.41) is 0.384. The first-order valence-electron chi connectivity index (χ1n) is 7.48. The van der Waals surface area contributed by atoms with Gasteiger partial charge in [-0.05, 0) is 35.9 Å². The number of nitrogens with one attached hydrogen (secondary N) is 1. The zero-order valence-corrected chi connectivity index (χ0v) is 15.9. The quantitative estimate of drug-likeness (QED) is 0.688. The van der Waals surface area contributed by atoms with Crippen LogP contribution in [0.25, 0.3) is 0 Å². The van der Waals surface area contributed by atoms with Crippen molar-refractivity contribution < 1.29 is 12.8 Å². The maximum absolute atomic E-state index is 13.3. The van der Waals surface area contributed by atoms with Crippen LogP contribution in [0.4, 0.5) is 4.39 Å². The number of hydrogen-bond acceptors (Lipinski definition) is 3. The third-order valence-corrected chi connectivity index (χ3v) is 5.95. The van der Waals surface area contributed by atoms with Crippen LogP contribution in [0.15, 0.2) is 59.8 Å². The molecule has 0 saturated heterocycles. The zero-order chi connectivity index (χ0) is 18.9. The average Bonchev–Trinajstić information content (AvgIpc) is 3.02. The smallest absolute Gasteiger partial charge is 0.241 e. The fourth-order valence-corrected chi connectivity index (χ4v) is 4.02. The number of sulfonamides is 1. The number of nitrogens with zero attached hydrogens (tertiary/aromatic N) is 2. The monoisotopic (exact) mass is 413 g/mol. The van der Waals surface area contributed by atoms with E-state index in [1.165, 1.54) is 42.5 Å². The molecule has 136 valence electrons. The van der Waals surface area contributed by atoms with Crippen LogP contribution in [0.2, 0.25) is 10.0 Å². The molecule has 0 amide bonds. The maximum atomic E-state index is 13.3. The van der Waals surface area contributed by atoms with Gasteiger partial charge in [0.05, 0.1) is 14.9 Å². The van der Waals surface area contributed by atoms with Crippen LogP contribution in [0.5, 0.6) is 0 Å². The Balaban J connectivity index is 2.03. The first-order chi connectivity index (χ1) is 12.3. The molecule has 3 rings (SSSR count). The summed E-state index contributed by atoms with van der Waals surface area (Å²) in [6, 6.07) is 8.76. The third-order valence-electron chi connectivity index (χ3n) is 3.79. The van der Waals surface area contributed by atoms with Gasteiger partial charge in [-0.1, -0.05) is 35.3 Å². The van der Waals surface area contributed by atoms with Gasteiger partial charge in [0.25, 0.3) is 0 Å². The molecule has 1 heterocycles. The topological polar surface area (TPSA) is 64.0 Å². The van der Waals surface area contributed by atoms with E-state index in [4.69, 9.17) is 23.2 Å². The highest BCUT2D eigenvalue weighted by molar-refractivity contribution is 7.89. The number of halogens is 3. The highest BCUT2D eigenvalue weighted by Crippen LogP contribution is 2.27. The summed E-state index contributed by atoms with van der Waals surface area (Å²) >= 11 is 11.8. The Hall–Kier alpha value is -1.93.